The second-order valence-electron chi connectivity index (χ2n) is 13.1. The molecule has 0 aromatic heterocycles. The molecule has 1 saturated carbocycles. The molecule has 0 aliphatic heterocycles. The molecule has 0 radical (unpaired) electrons. The number of unbranched alkanes of at least 4 members (excludes halogenated alkanes) is 17. The van der Waals surface area contributed by atoms with E-state index in [2.05, 4.69) is 13.8 Å². The molecular formula is C35H72O3Si. The van der Waals surface area contributed by atoms with E-state index in [1.165, 1.54) is 167 Å². The maximum Gasteiger partial charge on any atom is 0.500 e. The third kappa shape index (κ3) is 19.0. The molecule has 0 heterocycles. The summed E-state index contributed by atoms with van der Waals surface area (Å²) in [5, 5.41) is 0. The Kier molecular flexibility index (Phi) is 24.5. The normalized spacial score (nSPS) is 20.1. The summed E-state index contributed by atoms with van der Waals surface area (Å²) < 4.78 is 16.9. The molecule has 0 saturated heterocycles. The molecule has 0 aromatic carbocycles. The lowest BCUT2D eigenvalue weighted by Crippen LogP contribution is -2.42. The Labute approximate surface area is 247 Å². The predicted octanol–water partition coefficient (Wildman–Crippen LogP) is 11.9. The lowest BCUT2D eigenvalue weighted by Gasteiger charge is -2.35. The maximum absolute atomic E-state index is 5.65. The van der Waals surface area contributed by atoms with E-state index in [1.54, 1.807) is 21.3 Å². The van der Waals surface area contributed by atoms with Gasteiger partial charge in [0.1, 0.15) is 0 Å². The molecule has 1 fully saturated rings. The lowest BCUT2D eigenvalue weighted by atomic mass is 9.70. The van der Waals surface area contributed by atoms with Crippen LogP contribution in [-0.4, -0.2) is 30.1 Å². The highest BCUT2D eigenvalue weighted by Crippen LogP contribution is 2.41. The topological polar surface area (TPSA) is 27.7 Å². The molecule has 1 aliphatic carbocycles. The van der Waals surface area contributed by atoms with Gasteiger partial charge in [-0.1, -0.05) is 155 Å². The van der Waals surface area contributed by atoms with Crippen LogP contribution in [0.1, 0.15) is 181 Å². The van der Waals surface area contributed by atoms with E-state index in [0.717, 1.165) is 23.8 Å². The van der Waals surface area contributed by atoms with E-state index in [4.69, 9.17) is 13.3 Å². The third-order valence-electron chi connectivity index (χ3n) is 9.71. The largest absolute Gasteiger partial charge is 0.500 e. The van der Waals surface area contributed by atoms with Crippen LogP contribution in [0.25, 0.3) is 0 Å². The Morgan fingerprint density at radius 1 is 0.410 bits per heavy atom. The molecule has 0 amide bonds. The van der Waals surface area contributed by atoms with Crippen LogP contribution in [0.15, 0.2) is 0 Å². The summed E-state index contributed by atoms with van der Waals surface area (Å²) in [6.07, 6.45) is 37.4. The van der Waals surface area contributed by atoms with Gasteiger partial charge in [-0.3, -0.25) is 0 Å². The fourth-order valence-corrected chi connectivity index (χ4v) is 9.02. The van der Waals surface area contributed by atoms with Gasteiger partial charge in [0.25, 0.3) is 0 Å². The van der Waals surface area contributed by atoms with Crippen molar-refractivity contribution in [3.63, 3.8) is 0 Å². The molecule has 0 aromatic rings. The maximum atomic E-state index is 5.65. The Morgan fingerprint density at radius 3 is 1.00 bits per heavy atom. The minimum atomic E-state index is -2.41. The number of hydrogen-bond acceptors (Lipinski definition) is 3. The van der Waals surface area contributed by atoms with Gasteiger partial charge in [0.15, 0.2) is 0 Å². The first-order valence-electron chi connectivity index (χ1n) is 17.8. The van der Waals surface area contributed by atoms with Crippen molar-refractivity contribution in [1.82, 2.24) is 0 Å². The van der Waals surface area contributed by atoms with Gasteiger partial charge in [0.05, 0.1) is 0 Å². The molecule has 2 atom stereocenters. The van der Waals surface area contributed by atoms with Crippen molar-refractivity contribution in [2.75, 3.05) is 21.3 Å². The van der Waals surface area contributed by atoms with E-state index >= 15 is 0 Å². The fraction of sp³-hybridized carbons (Fsp3) is 1.00. The van der Waals surface area contributed by atoms with Crippen LogP contribution in [0.4, 0.5) is 0 Å². The average molecular weight is 569 g/mol. The molecule has 2 unspecified atom stereocenters. The molecule has 1 aliphatic rings. The molecule has 234 valence electrons. The van der Waals surface area contributed by atoms with Crippen LogP contribution in [0.5, 0.6) is 0 Å². The van der Waals surface area contributed by atoms with Crippen molar-refractivity contribution < 1.29 is 13.3 Å². The summed E-state index contributed by atoms with van der Waals surface area (Å²) in [4.78, 5) is 0. The molecule has 3 nitrogen and oxygen atoms in total. The van der Waals surface area contributed by atoms with Crippen LogP contribution in [0, 0.1) is 17.8 Å². The average Bonchev–Trinajstić information content (AvgIpc) is 2.96. The summed E-state index contributed by atoms with van der Waals surface area (Å²) in [6.45, 7) is 4.62. The first-order chi connectivity index (χ1) is 19.1. The SMILES string of the molecule is CCCCCCCCCCCC1CC(CCCCCCCCCCC)CC(CCCC[Si](OC)(OC)OC)C1. The summed E-state index contributed by atoms with van der Waals surface area (Å²) in [5.41, 5.74) is 0. The zero-order valence-electron chi connectivity index (χ0n) is 27.5. The Balaban J connectivity index is 2.36. The standard InChI is InChI=1S/C35H72O3Si/c1-6-8-10-12-14-16-18-20-22-26-33-30-34(27-23-21-19-17-15-13-11-9-7-2)32-35(31-33)28-24-25-29-39(36-3,37-4)38-5/h33-35H,6-32H2,1-5H3. The van der Waals surface area contributed by atoms with Gasteiger partial charge < -0.3 is 13.3 Å². The number of hydrogen-bond donors (Lipinski definition) is 0. The minimum Gasteiger partial charge on any atom is -0.377 e. The second kappa shape index (κ2) is 25.8. The van der Waals surface area contributed by atoms with E-state index in [1.807, 2.05) is 0 Å². The van der Waals surface area contributed by atoms with E-state index in [-0.39, 0.29) is 0 Å². The molecule has 39 heavy (non-hydrogen) atoms. The fourth-order valence-electron chi connectivity index (χ4n) is 7.23. The quantitative estimate of drug-likeness (QED) is 0.0694. The second-order valence-corrected chi connectivity index (χ2v) is 16.2. The van der Waals surface area contributed by atoms with Crippen LogP contribution in [0.3, 0.4) is 0 Å². The Hall–Kier alpha value is 0.0969. The molecule has 0 bridgehead atoms. The van der Waals surface area contributed by atoms with Crippen molar-refractivity contribution >= 4 is 8.80 Å². The van der Waals surface area contributed by atoms with Gasteiger partial charge >= 0.3 is 8.80 Å². The van der Waals surface area contributed by atoms with Crippen LogP contribution in [-0.2, 0) is 13.3 Å². The summed E-state index contributed by atoms with van der Waals surface area (Å²) in [7, 11) is 2.83. The van der Waals surface area contributed by atoms with Gasteiger partial charge in [-0.2, -0.15) is 0 Å². The van der Waals surface area contributed by atoms with Crippen molar-refractivity contribution in [3.05, 3.63) is 0 Å². The van der Waals surface area contributed by atoms with Crippen LogP contribution >= 0.6 is 0 Å². The van der Waals surface area contributed by atoms with Gasteiger partial charge in [0.2, 0.25) is 0 Å². The van der Waals surface area contributed by atoms with Crippen LogP contribution < -0.4 is 0 Å². The first-order valence-corrected chi connectivity index (χ1v) is 19.7. The summed E-state index contributed by atoms with van der Waals surface area (Å²) in [5.74, 6) is 2.92. The zero-order chi connectivity index (χ0) is 28.4. The van der Waals surface area contributed by atoms with Gasteiger partial charge in [-0.25, -0.2) is 0 Å². The van der Waals surface area contributed by atoms with Gasteiger partial charge in [-0.05, 0) is 43.4 Å². The monoisotopic (exact) mass is 569 g/mol. The molecule has 1 rings (SSSR count). The van der Waals surface area contributed by atoms with Gasteiger partial charge in [-0.15, -0.1) is 0 Å². The van der Waals surface area contributed by atoms with Gasteiger partial charge in [0, 0.05) is 27.4 Å². The predicted molar refractivity (Wildman–Crippen MR) is 173 cm³/mol. The number of rotatable bonds is 28. The molecule has 0 spiro atoms. The summed E-state index contributed by atoms with van der Waals surface area (Å²) >= 11 is 0. The molecule has 0 N–H and O–H groups in total. The first kappa shape index (κ1) is 37.1. The smallest absolute Gasteiger partial charge is 0.377 e. The highest BCUT2D eigenvalue weighted by Gasteiger charge is 2.37. The van der Waals surface area contributed by atoms with Crippen molar-refractivity contribution in [2.45, 2.75) is 187 Å². The van der Waals surface area contributed by atoms with Crippen molar-refractivity contribution in [2.24, 2.45) is 17.8 Å². The van der Waals surface area contributed by atoms with E-state index in [0.29, 0.717) is 0 Å². The minimum absolute atomic E-state index is 0.939. The van der Waals surface area contributed by atoms with Crippen molar-refractivity contribution in [3.8, 4) is 0 Å². The zero-order valence-corrected chi connectivity index (χ0v) is 28.5. The highest BCUT2D eigenvalue weighted by molar-refractivity contribution is 6.60. The Bertz CT molecular complexity index is 472. The Morgan fingerprint density at radius 2 is 0.692 bits per heavy atom. The third-order valence-corrected chi connectivity index (χ3v) is 12.5. The highest BCUT2D eigenvalue weighted by atomic mass is 28.4. The lowest BCUT2D eigenvalue weighted by molar-refractivity contribution is 0.121. The van der Waals surface area contributed by atoms with Crippen LogP contribution in [0.2, 0.25) is 6.04 Å². The van der Waals surface area contributed by atoms with E-state index < -0.39 is 8.80 Å². The molecule has 4 heteroatoms. The molecular weight excluding hydrogens is 496 g/mol. The van der Waals surface area contributed by atoms with Crippen molar-refractivity contribution in [1.29, 1.82) is 0 Å². The van der Waals surface area contributed by atoms with E-state index in [9.17, 15) is 0 Å². The summed E-state index contributed by atoms with van der Waals surface area (Å²) in [6, 6.07) is 0.951.